The predicted octanol–water partition coefficient (Wildman–Crippen LogP) is 13.2. The molecule has 0 fully saturated rings. The number of nitrogens with zero attached hydrogens (tertiary/aromatic N) is 2. The van der Waals surface area contributed by atoms with E-state index < -0.39 is 0 Å². The number of aromatic nitrogens is 2. The van der Waals surface area contributed by atoms with Crippen LogP contribution >= 0.6 is 0 Å². The van der Waals surface area contributed by atoms with Crippen molar-refractivity contribution in [3.05, 3.63) is 170 Å². The van der Waals surface area contributed by atoms with Crippen LogP contribution in [0.1, 0.15) is 0 Å². The molecule has 242 valence electrons. The second-order valence-electron chi connectivity index (χ2n) is 13.4. The van der Waals surface area contributed by atoms with E-state index in [0.717, 1.165) is 110 Å². The molecule has 4 heteroatoms. The van der Waals surface area contributed by atoms with Crippen LogP contribution in [0, 0.1) is 0 Å². The highest BCUT2D eigenvalue weighted by molar-refractivity contribution is 6.08. The highest BCUT2D eigenvalue weighted by Gasteiger charge is 2.12. The monoisotopic (exact) mass is 664 g/mol. The van der Waals surface area contributed by atoms with Gasteiger partial charge in [0.2, 0.25) is 0 Å². The number of pyridine rings is 2. The second-order valence-corrected chi connectivity index (χ2v) is 13.4. The Bertz CT molecular complexity index is 2950. The molecule has 0 N–H and O–H groups in total. The number of rotatable bonds is 4. The summed E-state index contributed by atoms with van der Waals surface area (Å²) in [7, 11) is 0. The van der Waals surface area contributed by atoms with Gasteiger partial charge in [0.05, 0.1) is 11.0 Å². The van der Waals surface area contributed by atoms with Gasteiger partial charge >= 0.3 is 0 Å². The second kappa shape index (κ2) is 11.2. The Morgan fingerprint density at radius 1 is 0.288 bits per heavy atom. The van der Waals surface area contributed by atoms with Crippen LogP contribution in [0.2, 0.25) is 0 Å². The number of fused-ring (bicyclic) bond motifs is 9. The van der Waals surface area contributed by atoms with E-state index in [-0.39, 0.29) is 0 Å². The fraction of sp³-hybridized carbons (Fsp3) is 0. The lowest BCUT2D eigenvalue weighted by atomic mass is 9.98. The lowest BCUT2D eigenvalue weighted by molar-refractivity contribution is 0.668. The number of hydrogen-bond donors (Lipinski definition) is 0. The first-order valence-corrected chi connectivity index (χ1v) is 17.4. The molecule has 7 aromatic carbocycles. The Morgan fingerprint density at radius 3 is 1.10 bits per heavy atom. The third kappa shape index (κ3) is 4.62. The molecule has 0 saturated heterocycles. The fourth-order valence-electron chi connectivity index (χ4n) is 7.63. The minimum atomic E-state index is 0.905. The van der Waals surface area contributed by atoms with Gasteiger partial charge in [0.15, 0.2) is 0 Å². The molecule has 4 aromatic heterocycles. The molecule has 11 aromatic rings. The first-order valence-electron chi connectivity index (χ1n) is 17.4. The average Bonchev–Trinajstić information content (AvgIpc) is 3.78. The van der Waals surface area contributed by atoms with Gasteiger partial charge in [-0.1, -0.05) is 109 Å². The fourth-order valence-corrected chi connectivity index (χ4v) is 7.63. The molecule has 0 unspecified atom stereocenters. The summed E-state index contributed by atoms with van der Waals surface area (Å²) in [4.78, 5) is 9.86. The molecule has 0 aliphatic carbocycles. The zero-order valence-electron chi connectivity index (χ0n) is 27.9. The van der Waals surface area contributed by atoms with Gasteiger partial charge in [-0.2, -0.15) is 0 Å². The van der Waals surface area contributed by atoms with Crippen molar-refractivity contribution in [3.63, 3.8) is 0 Å². The third-order valence-electron chi connectivity index (χ3n) is 10.4. The molecule has 4 heterocycles. The minimum Gasteiger partial charge on any atom is -0.456 e. The van der Waals surface area contributed by atoms with E-state index in [4.69, 9.17) is 18.8 Å². The first kappa shape index (κ1) is 28.8. The molecule has 0 aliphatic heterocycles. The summed E-state index contributed by atoms with van der Waals surface area (Å²) >= 11 is 0. The van der Waals surface area contributed by atoms with E-state index in [1.807, 2.05) is 36.7 Å². The molecule has 0 saturated carbocycles. The molecular weight excluding hydrogens is 637 g/mol. The van der Waals surface area contributed by atoms with Gasteiger partial charge in [0.25, 0.3) is 0 Å². The van der Waals surface area contributed by atoms with Crippen LogP contribution < -0.4 is 0 Å². The maximum Gasteiger partial charge on any atom is 0.135 e. The Hall–Kier alpha value is -7.04. The standard InChI is InChI=1S/C48H28N2O2/c1-3-7-43-39(5-1)41-25-33(19-21-45(41)51-43)29-9-13-31(14-10-29)37-23-35-17-18-36-24-38(28-50-48(36)47(35)49-27-37)32-15-11-30(12-16-32)34-20-22-46-42(26-34)40-6-2-4-8-44(40)52-46/h1-28H. The Balaban J connectivity index is 0.867. The van der Waals surface area contributed by atoms with Crippen molar-refractivity contribution in [1.82, 2.24) is 9.97 Å². The number of benzene rings is 7. The van der Waals surface area contributed by atoms with Crippen LogP contribution in [-0.2, 0) is 0 Å². The van der Waals surface area contributed by atoms with Crippen LogP contribution in [0.3, 0.4) is 0 Å². The van der Waals surface area contributed by atoms with Crippen molar-refractivity contribution in [2.75, 3.05) is 0 Å². The molecule has 52 heavy (non-hydrogen) atoms. The zero-order valence-corrected chi connectivity index (χ0v) is 27.9. The topological polar surface area (TPSA) is 52.1 Å². The molecule has 0 radical (unpaired) electrons. The van der Waals surface area contributed by atoms with Crippen molar-refractivity contribution in [2.24, 2.45) is 0 Å². The quantitative estimate of drug-likeness (QED) is 0.176. The molecule has 4 nitrogen and oxygen atoms in total. The van der Waals surface area contributed by atoms with Gasteiger partial charge in [0.1, 0.15) is 22.3 Å². The van der Waals surface area contributed by atoms with Gasteiger partial charge in [0, 0.05) is 55.8 Å². The minimum absolute atomic E-state index is 0.905. The lowest BCUT2D eigenvalue weighted by Gasteiger charge is -2.09. The van der Waals surface area contributed by atoms with Crippen LogP contribution in [0.15, 0.2) is 179 Å². The summed E-state index contributed by atoms with van der Waals surface area (Å²) in [5.74, 6) is 0. The number of furan rings is 2. The van der Waals surface area contributed by atoms with Crippen LogP contribution in [0.4, 0.5) is 0 Å². The summed E-state index contributed by atoms with van der Waals surface area (Å²) in [6, 6.07) is 55.3. The van der Waals surface area contributed by atoms with Gasteiger partial charge in [-0.3, -0.25) is 9.97 Å². The smallest absolute Gasteiger partial charge is 0.135 e. The van der Waals surface area contributed by atoms with E-state index in [1.165, 1.54) is 0 Å². The van der Waals surface area contributed by atoms with Crippen molar-refractivity contribution in [2.45, 2.75) is 0 Å². The molecule has 11 rings (SSSR count). The van der Waals surface area contributed by atoms with E-state index in [9.17, 15) is 0 Å². The molecule has 0 bridgehead atoms. The highest BCUT2D eigenvalue weighted by Crippen LogP contribution is 2.36. The maximum absolute atomic E-state index is 6.03. The van der Waals surface area contributed by atoms with Gasteiger partial charge in [-0.05, 0) is 81.9 Å². The molecule has 0 aliphatic rings. The highest BCUT2D eigenvalue weighted by atomic mass is 16.3. The van der Waals surface area contributed by atoms with Crippen LogP contribution in [0.5, 0.6) is 0 Å². The average molecular weight is 665 g/mol. The summed E-state index contributed by atoms with van der Waals surface area (Å²) in [6.07, 6.45) is 3.91. The number of para-hydroxylation sites is 2. The maximum atomic E-state index is 6.03. The third-order valence-corrected chi connectivity index (χ3v) is 10.4. The van der Waals surface area contributed by atoms with Crippen molar-refractivity contribution in [1.29, 1.82) is 0 Å². The van der Waals surface area contributed by atoms with Gasteiger partial charge in [-0.25, -0.2) is 0 Å². The predicted molar refractivity (Wildman–Crippen MR) is 213 cm³/mol. The number of hydrogen-bond acceptors (Lipinski definition) is 4. The molecular formula is C48H28N2O2. The molecule has 0 atom stereocenters. The van der Waals surface area contributed by atoms with E-state index in [0.29, 0.717) is 0 Å². The zero-order chi connectivity index (χ0) is 34.2. The molecule has 0 spiro atoms. The summed E-state index contributed by atoms with van der Waals surface area (Å²) in [5, 5.41) is 6.68. The lowest BCUT2D eigenvalue weighted by Crippen LogP contribution is -1.89. The van der Waals surface area contributed by atoms with Gasteiger partial charge < -0.3 is 8.83 Å². The van der Waals surface area contributed by atoms with Gasteiger partial charge in [-0.15, -0.1) is 0 Å². The van der Waals surface area contributed by atoms with E-state index in [2.05, 4.69) is 133 Å². The Labute approximate surface area is 298 Å². The summed E-state index contributed by atoms with van der Waals surface area (Å²) in [6.45, 7) is 0. The first-order chi connectivity index (χ1) is 25.7. The normalized spacial score (nSPS) is 11.8. The van der Waals surface area contributed by atoms with Crippen LogP contribution in [0.25, 0.3) is 110 Å². The van der Waals surface area contributed by atoms with Crippen LogP contribution in [-0.4, -0.2) is 9.97 Å². The van der Waals surface area contributed by atoms with Crippen molar-refractivity contribution >= 4 is 65.7 Å². The largest absolute Gasteiger partial charge is 0.456 e. The Kier molecular flexibility index (Phi) is 6.22. The van der Waals surface area contributed by atoms with Crippen molar-refractivity contribution in [3.8, 4) is 44.5 Å². The summed E-state index contributed by atoms with van der Waals surface area (Å²) < 4.78 is 12.1. The SMILES string of the molecule is c1ccc2c(c1)oc1ccc(-c3ccc(-c4cnc5c(ccc6cc(-c7ccc(-c8ccc9oc%10ccccc%10c9c8)cc7)cnc65)c4)cc3)cc12. The summed E-state index contributed by atoms with van der Waals surface area (Å²) in [5.41, 5.74) is 14.5. The van der Waals surface area contributed by atoms with E-state index >= 15 is 0 Å². The van der Waals surface area contributed by atoms with E-state index in [1.54, 1.807) is 0 Å². The Morgan fingerprint density at radius 2 is 0.654 bits per heavy atom. The molecule has 0 amide bonds. The van der Waals surface area contributed by atoms with Crippen molar-refractivity contribution < 1.29 is 8.83 Å².